The Kier molecular flexibility index (Phi) is 8.72. The zero-order chi connectivity index (χ0) is 27.4. The molecule has 0 aliphatic carbocycles. The first kappa shape index (κ1) is 29.0. The van der Waals surface area contributed by atoms with Gasteiger partial charge < -0.3 is 15.2 Å². The van der Waals surface area contributed by atoms with Gasteiger partial charge in [0.05, 0.1) is 16.2 Å². The van der Waals surface area contributed by atoms with Crippen molar-refractivity contribution in [1.29, 1.82) is 0 Å². The number of hydrogen-bond acceptors (Lipinski definition) is 7. The van der Waals surface area contributed by atoms with Gasteiger partial charge in [-0.25, -0.2) is 27.6 Å². The van der Waals surface area contributed by atoms with E-state index in [-0.39, 0.29) is 12.1 Å². The van der Waals surface area contributed by atoms with E-state index in [2.05, 4.69) is 10.3 Å². The van der Waals surface area contributed by atoms with Crippen LogP contribution in [-0.4, -0.2) is 62.7 Å². The molecule has 1 heterocycles. The largest absolute Gasteiger partial charge is 0.479 e. The minimum Gasteiger partial charge on any atom is -0.479 e. The summed E-state index contributed by atoms with van der Waals surface area (Å²) >= 11 is 0. The molecule has 10 nitrogen and oxygen atoms in total. The highest BCUT2D eigenvalue weighted by Gasteiger charge is 2.47. The molecule has 0 saturated carbocycles. The van der Waals surface area contributed by atoms with E-state index in [9.17, 15) is 27.9 Å². The summed E-state index contributed by atoms with van der Waals surface area (Å²) in [5, 5.41) is 12.7. The van der Waals surface area contributed by atoms with Gasteiger partial charge in [-0.05, 0) is 53.5 Å². The van der Waals surface area contributed by atoms with Crippen molar-refractivity contribution >= 4 is 27.8 Å². The molecule has 0 aliphatic rings. The fraction of sp³-hybridized carbons (Fsp3) is 0.520. The second-order valence-corrected chi connectivity index (χ2v) is 13.5. The summed E-state index contributed by atoms with van der Waals surface area (Å²) < 4.78 is 31.2. The highest BCUT2D eigenvalue weighted by molar-refractivity contribution is 7.92. The molecule has 2 aromatic rings. The van der Waals surface area contributed by atoms with Crippen LogP contribution < -0.4 is 5.32 Å². The van der Waals surface area contributed by atoms with E-state index in [1.807, 2.05) is 30.3 Å². The molecule has 1 atom stereocenters. The van der Waals surface area contributed by atoms with E-state index in [0.717, 1.165) is 16.5 Å². The lowest BCUT2D eigenvalue weighted by molar-refractivity contribution is -0.146. The summed E-state index contributed by atoms with van der Waals surface area (Å²) in [4.78, 5) is 41.9. The summed E-state index contributed by atoms with van der Waals surface area (Å²) in [5.74, 6) is -2.98. The molecule has 0 spiro atoms. The Morgan fingerprint density at radius 2 is 1.67 bits per heavy atom. The van der Waals surface area contributed by atoms with E-state index in [0.29, 0.717) is 6.42 Å². The Hall–Kier alpha value is -3.21. The number of carbonyl (C=O) groups excluding carboxylic acids is 2. The van der Waals surface area contributed by atoms with Crippen molar-refractivity contribution in [2.45, 2.75) is 76.7 Å². The van der Waals surface area contributed by atoms with Crippen LogP contribution in [0.2, 0.25) is 0 Å². The second-order valence-electron chi connectivity index (χ2n) is 10.7. The monoisotopic (exact) mass is 521 g/mol. The van der Waals surface area contributed by atoms with Crippen molar-refractivity contribution < 1.29 is 32.6 Å². The van der Waals surface area contributed by atoms with Crippen molar-refractivity contribution in [3.05, 3.63) is 54.1 Å². The van der Waals surface area contributed by atoms with Gasteiger partial charge in [0.2, 0.25) is 5.91 Å². The predicted octanol–water partition coefficient (Wildman–Crippen LogP) is 2.99. The van der Waals surface area contributed by atoms with Gasteiger partial charge in [-0.1, -0.05) is 30.3 Å². The molecule has 0 unspecified atom stereocenters. The minimum absolute atomic E-state index is 0.0407. The number of aryl methyl sites for hydroxylation is 1. The smallest absolute Gasteiger partial charge is 0.419 e. The number of carboxylic acids is 1. The highest BCUT2D eigenvalue weighted by Crippen LogP contribution is 2.24. The maximum Gasteiger partial charge on any atom is 0.419 e. The number of rotatable bonds is 9. The first-order chi connectivity index (χ1) is 16.4. The summed E-state index contributed by atoms with van der Waals surface area (Å²) in [7, 11) is -3.99. The van der Waals surface area contributed by atoms with Gasteiger partial charge in [-0.15, -0.1) is 0 Å². The molecule has 0 radical (unpaired) electrons. The Morgan fingerprint density at radius 1 is 1.06 bits per heavy atom. The van der Waals surface area contributed by atoms with Crippen molar-refractivity contribution in [3.8, 4) is 0 Å². The predicted molar refractivity (Wildman–Crippen MR) is 134 cm³/mol. The number of nitrogens with one attached hydrogen (secondary N) is 1. The molecular weight excluding hydrogens is 486 g/mol. The number of aliphatic carboxylic acids is 1. The Labute approximate surface area is 212 Å². The summed E-state index contributed by atoms with van der Waals surface area (Å²) in [6, 6.07) is 9.17. The summed E-state index contributed by atoms with van der Waals surface area (Å²) in [6.45, 7) is 9.47. The SMILES string of the molecule is CC(C)(C)OC(=O)n1cnc(C[C@](CS(=O)(=O)C(C)(C)C)(NC(=O)CCc2ccccc2)C(=O)O)c1. The number of hydrogen-bond donors (Lipinski definition) is 2. The number of imidazole rings is 1. The summed E-state index contributed by atoms with van der Waals surface area (Å²) in [6.07, 6.45) is 1.56. The Bertz CT molecular complexity index is 1190. The van der Waals surface area contributed by atoms with Crippen LogP contribution in [0.25, 0.3) is 0 Å². The number of benzene rings is 1. The molecule has 2 rings (SSSR count). The molecule has 198 valence electrons. The number of carbonyl (C=O) groups is 3. The van der Waals surface area contributed by atoms with Crippen LogP contribution in [0, 0.1) is 0 Å². The van der Waals surface area contributed by atoms with Crippen LogP contribution in [0.15, 0.2) is 42.9 Å². The van der Waals surface area contributed by atoms with Gasteiger partial charge in [0, 0.05) is 19.0 Å². The van der Waals surface area contributed by atoms with Crippen LogP contribution in [0.4, 0.5) is 4.79 Å². The van der Waals surface area contributed by atoms with Crippen molar-refractivity contribution in [2.75, 3.05) is 5.75 Å². The zero-order valence-corrected chi connectivity index (χ0v) is 22.4. The molecule has 11 heteroatoms. The topological polar surface area (TPSA) is 145 Å². The maximum absolute atomic E-state index is 13.1. The van der Waals surface area contributed by atoms with E-state index in [1.54, 1.807) is 20.8 Å². The molecule has 1 amide bonds. The van der Waals surface area contributed by atoms with Crippen molar-refractivity contribution in [1.82, 2.24) is 14.9 Å². The van der Waals surface area contributed by atoms with E-state index < -0.39 is 55.9 Å². The first-order valence-corrected chi connectivity index (χ1v) is 13.2. The summed E-state index contributed by atoms with van der Waals surface area (Å²) in [5.41, 5.74) is -1.98. The average molecular weight is 522 g/mol. The van der Waals surface area contributed by atoms with E-state index in [1.165, 1.54) is 27.0 Å². The normalized spacial score (nSPS) is 14.1. The van der Waals surface area contributed by atoms with Gasteiger partial charge in [0.15, 0.2) is 15.4 Å². The van der Waals surface area contributed by atoms with Crippen LogP contribution in [0.1, 0.15) is 59.2 Å². The number of ether oxygens (including phenoxy) is 1. The van der Waals surface area contributed by atoms with Crippen LogP contribution in [0.3, 0.4) is 0 Å². The number of nitrogens with zero attached hydrogens (tertiary/aromatic N) is 2. The molecule has 0 fully saturated rings. The lowest BCUT2D eigenvalue weighted by Crippen LogP contribution is -2.61. The van der Waals surface area contributed by atoms with Gasteiger partial charge in [-0.3, -0.25) is 4.79 Å². The second kappa shape index (κ2) is 10.8. The molecule has 0 saturated heterocycles. The van der Waals surface area contributed by atoms with E-state index >= 15 is 0 Å². The quantitative estimate of drug-likeness (QED) is 0.512. The van der Waals surface area contributed by atoms with Crippen LogP contribution >= 0.6 is 0 Å². The average Bonchev–Trinajstić information content (AvgIpc) is 3.19. The van der Waals surface area contributed by atoms with Crippen molar-refractivity contribution in [2.24, 2.45) is 0 Å². The highest BCUT2D eigenvalue weighted by atomic mass is 32.2. The molecular formula is C25H35N3O7S. The number of sulfone groups is 1. The molecule has 36 heavy (non-hydrogen) atoms. The fourth-order valence-corrected chi connectivity index (χ4v) is 4.65. The van der Waals surface area contributed by atoms with Crippen molar-refractivity contribution in [3.63, 3.8) is 0 Å². The lowest BCUT2D eigenvalue weighted by atomic mass is 9.95. The third-order valence-corrected chi connectivity index (χ3v) is 8.10. The van der Waals surface area contributed by atoms with Crippen LogP contribution in [0.5, 0.6) is 0 Å². The number of aromatic nitrogens is 2. The molecule has 1 aromatic carbocycles. The third kappa shape index (κ3) is 7.91. The van der Waals surface area contributed by atoms with Gasteiger partial charge in [0.25, 0.3) is 0 Å². The molecule has 0 bridgehead atoms. The standard InChI is InChI=1S/C25H35N3O7S/c1-23(2,3)35-22(32)28-15-19(26-17-28)14-25(21(30)31,16-36(33,34)24(4,5)6)27-20(29)13-12-18-10-8-7-9-11-18/h7-11,15,17H,12-14,16H2,1-6H3,(H,27,29)(H,30,31)/t25-/m1/s1. The first-order valence-electron chi connectivity index (χ1n) is 11.5. The molecule has 2 N–H and O–H groups in total. The van der Waals surface area contributed by atoms with Gasteiger partial charge in [-0.2, -0.15) is 0 Å². The van der Waals surface area contributed by atoms with Gasteiger partial charge in [0.1, 0.15) is 11.9 Å². The lowest BCUT2D eigenvalue weighted by Gasteiger charge is -2.32. The van der Waals surface area contributed by atoms with Gasteiger partial charge >= 0.3 is 12.1 Å². The Balaban J connectivity index is 2.37. The number of amides is 1. The molecule has 1 aromatic heterocycles. The Morgan fingerprint density at radius 3 is 2.19 bits per heavy atom. The maximum atomic E-state index is 13.1. The molecule has 0 aliphatic heterocycles. The minimum atomic E-state index is -3.99. The zero-order valence-electron chi connectivity index (χ0n) is 21.6. The van der Waals surface area contributed by atoms with Crippen LogP contribution in [-0.2, 0) is 37.0 Å². The number of carboxylic acid groups (broad SMARTS) is 1. The third-order valence-electron chi connectivity index (χ3n) is 5.36. The van der Waals surface area contributed by atoms with E-state index in [4.69, 9.17) is 4.74 Å². The fourth-order valence-electron chi connectivity index (χ4n) is 3.27.